The average Bonchev–Trinajstić information content (AvgIpc) is 2.63. The molecule has 0 fully saturated rings. The highest BCUT2D eigenvalue weighted by Gasteiger charge is 2.08. The van der Waals surface area contributed by atoms with Crippen LogP contribution in [0, 0.1) is 0 Å². The largest absolute Gasteiger partial charge is 0.467 e. The minimum atomic E-state index is 0.194. The molecule has 68 valence electrons. The summed E-state index contributed by atoms with van der Waals surface area (Å²) < 4.78 is 6.15. The number of nitrogens with two attached hydrogens (primary N) is 1. The van der Waals surface area contributed by atoms with Gasteiger partial charge in [0.1, 0.15) is 0 Å². The summed E-state index contributed by atoms with van der Waals surface area (Å²) in [6.45, 7) is 0. The quantitative estimate of drug-likeness (QED) is 0.413. The number of hydrogen-bond acceptors (Lipinski definition) is 8. The molecular formula is C4H6N8O. The zero-order valence-electron chi connectivity index (χ0n) is 6.67. The molecule has 0 bridgehead atoms. The van der Waals surface area contributed by atoms with Crippen molar-refractivity contribution in [1.82, 2.24) is 30.0 Å². The first-order valence-electron chi connectivity index (χ1n) is 3.32. The van der Waals surface area contributed by atoms with E-state index in [1.54, 1.807) is 0 Å². The maximum absolute atomic E-state index is 5.12. The molecule has 9 nitrogen and oxygen atoms in total. The third kappa shape index (κ3) is 1.10. The monoisotopic (exact) mass is 182 g/mol. The topological polar surface area (TPSA) is 116 Å². The fourth-order valence-electron chi connectivity index (χ4n) is 0.830. The molecule has 2 heterocycles. The fraction of sp³-hybridized carbons (Fsp3) is 0.250. The second kappa shape index (κ2) is 2.79. The molecule has 0 saturated carbocycles. The summed E-state index contributed by atoms with van der Waals surface area (Å²) in [5.74, 6) is 5.58. The molecule has 2 aromatic rings. The summed E-state index contributed by atoms with van der Waals surface area (Å²) in [6, 6.07) is 0.211. The molecule has 0 atom stereocenters. The molecule has 0 aromatic carbocycles. The van der Waals surface area contributed by atoms with Crippen LogP contribution in [0.25, 0.3) is 5.78 Å². The molecular weight excluding hydrogens is 176 g/mol. The van der Waals surface area contributed by atoms with Crippen LogP contribution in [0.15, 0.2) is 0 Å². The molecule has 0 aliphatic heterocycles. The fourth-order valence-corrected chi connectivity index (χ4v) is 0.830. The minimum absolute atomic E-state index is 0.194. The van der Waals surface area contributed by atoms with Gasteiger partial charge in [-0.1, -0.05) is 5.10 Å². The highest BCUT2D eigenvalue weighted by Crippen LogP contribution is 2.08. The SMILES string of the molecule is COc1nc(NN)nc2nnnn12. The Morgan fingerprint density at radius 3 is 3.00 bits per heavy atom. The maximum atomic E-state index is 5.12. The number of nitrogen functional groups attached to an aromatic ring is 1. The van der Waals surface area contributed by atoms with Gasteiger partial charge >= 0.3 is 6.01 Å². The highest BCUT2D eigenvalue weighted by molar-refractivity contribution is 5.35. The number of nitrogens with zero attached hydrogens (tertiary/aromatic N) is 6. The molecule has 0 radical (unpaired) electrons. The number of methoxy groups -OCH3 is 1. The Morgan fingerprint density at radius 1 is 1.46 bits per heavy atom. The Labute approximate surface area is 71.9 Å². The Bertz CT molecular complexity index is 423. The summed E-state index contributed by atoms with van der Waals surface area (Å²) in [7, 11) is 1.45. The normalized spacial score (nSPS) is 10.3. The summed E-state index contributed by atoms with van der Waals surface area (Å²) >= 11 is 0. The lowest BCUT2D eigenvalue weighted by molar-refractivity contribution is 0.364. The van der Waals surface area contributed by atoms with Gasteiger partial charge in [0.15, 0.2) is 0 Å². The Balaban J connectivity index is 2.70. The van der Waals surface area contributed by atoms with E-state index in [-0.39, 0.29) is 17.7 Å². The van der Waals surface area contributed by atoms with Gasteiger partial charge in [-0.15, -0.1) is 4.52 Å². The Morgan fingerprint density at radius 2 is 2.31 bits per heavy atom. The second-order valence-corrected chi connectivity index (χ2v) is 2.07. The molecule has 0 aliphatic rings. The van der Waals surface area contributed by atoms with Crippen LogP contribution in [0.3, 0.4) is 0 Å². The van der Waals surface area contributed by atoms with Crippen molar-refractivity contribution in [3.05, 3.63) is 0 Å². The van der Waals surface area contributed by atoms with Crippen LogP contribution >= 0.6 is 0 Å². The van der Waals surface area contributed by atoms with Crippen molar-refractivity contribution in [2.45, 2.75) is 0 Å². The lowest BCUT2D eigenvalue weighted by Crippen LogP contribution is -2.13. The van der Waals surface area contributed by atoms with E-state index in [0.717, 1.165) is 0 Å². The van der Waals surface area contributed by atoms with Crippen molar-refractivity contribution < 1.29 is 4.74 Å². The molecule has 0 spiro atoms. The lowest BCUT2D eigenvalue weighted by Gasteiger charge is -2.01. The Kier molecular flexibility index (Phi) is 1.63. The number of aromatic nitrogens is 6. The third-order valence-electron chi connectivity index (χ3n) is 1.35. The molecule has 0 aliphatic carbocycles. The second-order valence-electron chi connectivity index (χ2n) is 2.07. The van der Waals surface area contributed by atoms with E-state index in [4.69, 9.17) is 10.6 Å². The number of tetrazole rings is 1. The molecule has 13 heavy (non-hydrogen) atoms. The predicted octanol–water partition coefficient (Wildman–Crippen LogP) is -1.79. The Hall–Kier alpha value is -2.03. The van der Waals surface area contributed by atoms with Crippen LogP contribution in [-0.4, -0.2) is 37.1 Å². The van der Waals surface area contributed by atoms with E-state index in [1.807, 2.05) is 0 Å². The van der Waals surface area contributed by atoms with Gasteiger partial charge in [0.2, 0.25) is 5.95 Å². The predicted molar refractivity (Wildman–Crippen MR) is 40.7 cm³/mol. The van der Waals surface area contributed by atoms with Gasteiger partial charge in [-0.3, -0.25) is 5.43 Å². The number of anilines is 1. The number of hydrogen-bond donors (Lipinski definition) is 2. The van der Waals surface area contributed by atoms with E-state index >= 15 is 0 Å². The van der Waals surface area contributed by atoms with Crippen molar-refractivity contribution in [3.63, 3.8) is 0 Å². The molecule has 2 aromatic heterocycles. The molecule has 0 saturated heterocycles. The first kappa shape index (κ1) is 7.61. The van der Waals surface area contributed by atoms with Gasteiger partial charge in [0.25, 0.3) is 5.78 Å². The van der Waals surface area contributed by atoms with Crippen LogP contribution in [-0.2, 0) is 0 Å². The first-order chi connectivity index (χ1) is 6.35. The minimum Gasteiger partial charge on any atom is -0.467 e. The van der Waals surface area contributed by atoms with E-state index in [1.165, 1.54) is 11.6 Å². The number of rotatable bonds is 2. The van der Waals surface area contributed by atoms with Crippen LogP contribution in [0.5, 0.6) is 6.01 Å². The van der Waals surface area contributed by atoms with E-state index in [0.29, 0.717) is 0 Å². The number of nitrogens with one attached hydrogen (secondary N) is 1. The molecule has 0 amide bonds. The lowest BCUT2D eigenvalue weighted by atomic mass is 10.9. The van der Waals surface area contributed by atoms with E-state index < -0.39 is 0 Å². The zero-order chi connectivity index (χ0) is 9.26. The van der Waals surface area contributed by atoms with Crippen LogP contribution in [0.2, 0.25) is 0 Å². The summed E-state index contributed by atoms with van der Waals surface area (Å²) in [6.07, 6.45) is 0. The van der Waals surface area contributed by atoms with E-state index in [2.05, 4.69) is 30.9 Å². The van der Waals surface area contributed by atoms with Gasteiger partial charge in [0.05, 0.1) is 7.11 Å². The highest BCUT2D eigenvalue weighted by atomic mass is 16.5. The zero-order valence-corrected chi connectivity index (χ0v) is 6.67. The number of ether oxygens (including phenoxy) is 1. The van der Waals surface area contributed by atoms with Gasteiger partial charge < -0.3 is 4.74 Å². The van der Waals surface area contributed by atoms with Crippen LogP contribution in [0.4, 0.5) is 5.95 Å². The van der Waals surface area contributed by atoms with Crippen LogP contribution < -0.4 is 16.0 Å². The number of fused-ring (bicyclic) bond motifs is 1. The van der Waals surface area contributed by atoms with Crippen LogP contribution in [0.1, 0.15) is 0 Å². The summed E-state index contributed by atoms with van der Waals surface area (Å²) in [5, 5.41) is 10.6. The van der Waals surface area contributed by atoms with Crippen molar-refractivity contribution in [1.29, 1.82) is 0 Å². The smallest absolute Gasteiger partial charge is 0.325 e. The summed E-state index contributed by atoms with van der Waals surface area (Å²) in [5.41, 5.74) is 2.27. The van der Waals surface area contributed by atoms with Gasteiger partial charge in [0, 0.05) is 0 Å². The first-order valence-corrected chi connectivity index (χ1v) is 3.32. The molecule has 9 heteroatoms. The van der Waals surface area contributed by atoms with Crippen molar-refractivity contribution in [2.24, 2.45) is 5.84 Å². The van der Waals surface area contributed by atoms with Gasteiger partial charge in [-0.25, -0.2) is 5.84 Å². The molecule has 3 N–H and O–H groups in total. The number of hydrazine groups is 1. The molecule has 0 unspecified atom stereocenters. The average molecular weight is 182 g/mol. The standard InChI is InChI=1S/C4H6N8O/c1-13-4-7-2(8-5)6-3-9-10-11-12(3)4/h5H2,1H3,(H,6,8,9,11). The maximum Gasteiger partial charge on any atom is 0.325 e. The third-order valence-corrected chi connectivity index (χ3v) is 1.35. The van der Waals surface area contributed by atoms with Crippen molar-refractivity contribution in [2.75, 3.05) is 12.5 Å². The van der Waals surface area contributed by atoms with Crippen molar-refractivity contribution >= 4 is 11.7 Å². The van der Waals surface area contributed by atoms with Gasteiger partial charge in [-0.05, 0) is 10.4 Å². The van der Waals surface area contributed by atoms with E-state index in [9.17, 15) is 0 Å². The van der Waals surface area contributed by atoms with Gasteiger partial charge in [-0.2, -0.15) is 9.97 Å². The summed E-state index contributed by atoms with van der Waals surface area (Å²) in [4.78, 5) is 7.72. The van der Waals surface area contributed by atoms with Crippen molar-refractivity contribution in [3.8, 4) is 6.01 Å². The molecule has 2 rings (SSSR count).